The van der Waals surface area contributed by atoms with E-state index in [4.69, 9.17) is 8.83 Å². The summed E-state index contributed by atoms with van der Waals surface area (Å²) in [7, 11) is 0. The van der Waals surface area contributed by atoms with Crippen LogP contribution in [0.15, 0.2) is 197 Å². The fourth-order valence-electron chi connectivity index (χ4n) is 7.31. The zero-order chi connectivity index (χ0) is 33.7. The summed E-state index contributed by atoms with van der Waals surface area (Å²) < 4.78 is 13.1. The predicted octanol–water partition coefficient (Wildman–Crippen LogP) is 14.0. The van der Waals surface area contributed by atoms with Crippen LogP contribution in [-0.2, 0) is 0 Å². The Hall–Kier alpha value is -6.84. The Morgan fingerprint density at radius 3 is 1.00 bits per heavy atom. The van der Waals surface area contributed by atoms with Crippen molar-refractivity contribution in [2.45, 2.75) is 0 Å². The molecule has 0 bridgehead atoms. The lowest BCUT2D eigenvalue weighted by Gasteiger charge is -2.25. The Bertz CT molecular complexity index is 2680. The second kappa shape index (κ2) is 11.9. The van der Waals surface area contributed by atoms with E-state index in [1.54, 1.807) is 0 Å². The maximum Gasteiger partial charge on any atom is 0.137 e. The number of furan rings is 2. The molecule has 3 nitrogen and oxygen atoms in total. The Balaban J connectivity index is 1.10. The van der Waals surface area contributed by atoms with Crippen LogP contribution in [-0.4, -0.2) is 0 Å². The largest absolute Gasteiger partial charge is 0.456 e. The average molecular weight is 654 g/mol. The minimum atomic E-state index is 0.844. The van der Waals surface area contributed by atoms with E-state index < -0.39 is 0 Å². The van der Waals surface area contributed by atoms with Crippen molar-refractivity contribution < 1.29 is 8.83 Å². The standard InChI is InChI=1S/C48H31NO2/c1-4-10-32(11-5-1)35-16-20-38(21-17-35)49(39-22-26-43-41-24-18-36(33-12-6-2-7-13-33)28-45(41)50-47(43)30-39)40-23-27-44-42-25-19-37(34-14-8-3-9-15-34)29-46(42)51-48(44)31-40/h1-31H. The monoisotopic (exact) mass is 653 g/mol. The van der Waals surface area contributed by atoms with Gasteiger partial charge in [-0.2, -0.15) is 0 Å². The van der Waals surface area contributed by atoms with E-state index in [0.29, 0.717) is 0 Å². The highest BCUT2D eigenvalue weighted by Crippen LogP contribution is 2.42. The van der Waals surface area contributed by atoms with Crippen molar-refractivity contribution in [2.24, 2.45) is 0 Å². The Morgan fingerprint density at radius 2 is 0.569 bits per heavy atom. The van der Waals surface area contributed by atoms with Crippen molar-refractivity contribution in [1.29, 1.82) is 0 Å². The maximum absolute atomic E-state index is 6.57. The third-order valence-electron chi connectivity index (χ3n) is 9.88. The lowest BCUT2D eigenvalue weighted by Crippen LogP contribution is -2.09. The number of fused-ring (bicyclic) bond motifs is 6. The summed E-state index contributed by atoms with van der Waals surface area (Å²) in [5, 5.41) is 4.39. The zero-order valence-electron chi connectivity index (χ0n) is 27.7. The molecule has 0 unspecified atom stereocenters. The van der Waals surface area contributed by atoms with E-state index in [9.17, 15) is 0 Å². The molecule has 51 heavy (non-hydrogen) atoms. The third-order valence-corrected chi connectivity index (χ3v) is 9.88. The lowest BCUT2D eigenvalue weighted by atomic mass is 10.0. The molecule has 240 valence electrons. The van der Waals surface area contributed by atoms with Crippen LogP contribution >= 0.6 is 0 Å². The van der Waals surface area contributed by atoms with Crippen molar-refractivity contribution in [3.8, 4) is 33.4 Å². The van der Waals surface area contributed by atoms with Crippen molar-refractivity contribution >= 4 is 60.9 Å². The van der Waals surface area contributed by atoms with Gasteiger partial charge in [0.1, 0.15) is 22.3 Å². The highest BCUT2D eigenvalue weighted by Gasteiger charge is 2.18. The van der Waals surface area contributed by atoms with E-state index in [2.05, 4.69) is 175 Å². The first-order valence-electron chi connectivity index (χ1n) is 17.2. The first-order chi connectivity index (χ1) is 25.2. The number of anilines is 3. The van der Waals surface area contributed by atoms with Gasteiger partial charge in [0.15, 0.2) is 0 Å². The van der Waals surface area contributed by atoms with Gasteiger partial charge in [-0.15, -0.1) is 0 Å². The summed E-state index contributed by atoms with van der Waals surface area (Å²) in [6, 6.07) is 66.1. The number of nitrogens with zero attached hydrogens (tertiary/aromatic N) is 1. The molecule has 0 fully saturated rings. The smallest absolute Gasteiger partial charge is 0.137 e. The van der Waals surface area contributed by atoms with E-state index in [-0.39, 0.29) is 0 Å². The molecule has 0 N–H and O–H groups in total. The van der Waals surface area contributed by atoms with Crippen molar-refractivity contribution in [3.05, 3.63) is 188 Å². The third kappa shape index (κ3) is 5.15. The van der Waals surface area contributed by atoms with Gasteiger partial charge in [0.25, 0.3) is 0 Å². The van der Waals surface area contributed by atoms with Gasteiger partial charge < -0.3 is 13.7 Å². The molecule has 0 saturated carbocycles. The van der Waals surface area contributed by atoms with E-state index in [0.717, 1.165) is 72.1 Å². The molecule has 0 aliphatic rings. The van der Waals surface area contributed by atoms with Crippen LogP contribution < -0.4 is 4.90 Å². The molecular weight excluding hydrogens is 623 g/mol. The van der Waals surface area contributed by atoms with Gasteiger partial charge in [-0.25, -0.2) is 0 Å². The molecule has 10 rings (SSSR count). The predicted molar refractivity (Wildman–Crippen MR) is 212 cm³/mol. The fraction of sp³-hybridized carbons (Fsp3) is 0. The first kappa shape index (κ1) is 29.1. The van der Waals surface area contributed by atoms with Crippen LogP contribution in [0.4, 0.5) is 17.1 Å². The highest BCUT2D eigenvalue weighted by molar-refractivity contribution is 6.09. The maximum atomic E-state index is 6.57. The molecule has 8 aromatic carbocycles. The Morgan fingerprint density at radius 1 is 0.255 bits per heavy atom. The summed E-state index contributed by atoms with van der Waals surface area (Å²) >= 11 is 0. The molecule has 0 spiro atoms. The summed E-state index contributed by atoms with van der Waals surface area (Å²) in [6.45, 7) is 0. The van der Waals surface area contributed by atoms with Gasteiger partial charge in [0.05, 0.1) is 0 Å². The molecule has 2 heterocycles. The second-order valence-electron chi connectivity index (χ2n) is 13.0. The van der Waals surface area contributed by atoms with Gasteiger partial charge in [-0.1, -0.05) is 115 Å². The van der Waals surface area contributed by atoms with Crippen LogP contribution in [0.2, 0.25) is 0 Å². The molecular formula is C48H31NO2. The Labute approximate surface area is 295 Å². The molecule has 0 aliphatic heterocycles. The van der Waals surface area contributed by atoms with E-state index >= 15 is 0 Å². The Kier molecular flexibility index (Phi) is 6.81. The summed E-state index contributed by atoms with van der Waals surface area (Å²) in [5.41, 5.74) is 13.4. The zero-order valence-corrected chi connectivity index (χ0v) is 27.7. The molecule has 0 saturated heterocycles. The summed E-state index contributed by atoms with van der Waals surface area (Å²) in [5.74, 6) is 0. The molecule has 3 heteroatoms. The molecule has 10 aromatic rings. The average Bonchev–Trinajstić information content (AvgIpc) is 3.76. The van der Waals surface area contributed by atoms with Crippen LogP contribution in [0.3, 0.4) is 0 Å². The number of hydrogen-bond donors (Lipinski definition) is 0. The fourth-order valence-corrected chi connectivity index (χ4v) is 7.31. The molecule has 0 amide bonds. The van der Waals surface area contributed by atoms with Crippen molar-refractivity contribution in [2.75, 3.05) is 4.90 Å². The second-order valence-corrected chi connectivity index (χ2v) is 13.0. The topological polar surface area (TPSA) is 29.5 Å². The van der Waals surface area contributed by atoms with Crippen LogP contribution in [0.5, 0.6) is 0 Å². The first-order valence-corrected chi connectivity index (χ1v) is 17.2. The molecule has 2 aromatic heterocycles. The van der Waals surface area contributed by atoms with Gasteiger partial charge >= 0.3 is 0 Å². The number of benzene rings is 8. The molecule has 0 aliphatic carbocycles. The summed E-state index contributed by atoms with van der Waals surface area (Å²) in [4.78, 5) is 2.28. The minimum absolute atomic E-state index is 0.844. The van der Waals surface area contributed by atoms with Gasteiger partial charge in [0, 0.05) is 50.7 Å². The molecule has 0 atom stereocenters. The molecule has 0 radical (unpaired) electrons. The SMILES string of the molecule is c1ccc(-c2ccc(N(c3ccc4c(c3)oc3cc(-c5ccccc5)ccc34)c3ccc4c(c3)oc3cc(-c5ccccc5)ccc34)cc2)cc1. The van der Waals surface area contributed by atoms with Crippen LogP contribution in [0.1, 0.15) is 0 Å². The van der Waals surface area contributed by atoms with E-state index in [1.807, 2.05) is 18.2 Å². The van der Waals surface area contributed by atoms with Crippen molar-refractivity contribution in [3.63, 3.8) is 0 Å². The summed E-state index contributed by atoms with van der Waals surface area (Å²) in [6.07, 6.45) is 0. The van der Waals surface area contributed by atoms with E-state index in [1.165, 1.54) is 22.3 Å². The quantitative estimate of drug-likeness (QED) is 0.179. The van der Waals surface area contributed by atoms with Gasteiger partial charge in [-0.05, 0) is 94.0 Å². The highest BCUT2D eigenvalue weighted by atomic mass is 16.3. The number of hydrogen-bond acceptors (Lipinski definition) is 3. The number of rotatable bonds is 6. The van der Waals surface area contributed by atoms with Gasteiger partial charge in [0.2, 0.25) is 0 Å². The normalized spacial score (nSPS) is 11.5. The van der Waals surface area contributed by atoms with Crippen molar-refractivity contribution in [1.82, 2.24) is 0 Å². The minimum Gasteiger partial charge on any atom is -0.456 e. The van der Waals surface area contributed by atoms with Crippen LogP contribution in [0, 0.1) is 0 Å². The lowest BCUT2D eigenvalue weighted by molar-refractivity contribution is 0.669. The van der Waals surface area contributed by atoms with Gasteiger partial charge in [-0.3, -0.25) is 0 Å². The van der Waals surface area contributed by atoms with Crippen LogP contribution in [0.25, 0.3) is 77.3 Å².